The first kappa shape index (κ1) is 23.8. The van der Waals surface area contributed by atoms with Gasteiger partial charge in [-0.15, -0.1) is 0 Å². The molecule has 2 aliphatic carbocycles. The molecule has 0 saturated heterocycles. The number of benzene rings is 2. The van der Waals surface area contributed by atoms with Crippen LogP contribution in [0.3, 0.4) is 0 Å². The molecule has 1 saturated carbocycles. The molecule has 7 heteroatoms. The Kier molecular flexibility index (Phi) is 7.50. The van der Waals surface area contributed by atoms with Crippen molar-refractivity contribution in [3.63, 3.8) is 0 Å². The van der Waals surface area contributed by atoms with Crippen LogP contribution >= 0.6 is 0 Å². The molecular weight excluding hydrogens is 432 g/mol. The van der Waals surface area contributed by atoms with Crippen LogP contribution in [-0.2, 0) is 14.3 Å². The van der Waals surface area contributed by atoms with Crippen LogP contribution < -0.4 is 10.6 Å². The van der Waals surface area contributed by atoms with Crippen molar-refractivity contribution >= 4 is 18.0 Å². The molecule has 2 aromatic rings. The minimum atomic E-state index is -0.871. The number of hydrogen-bond donors (Lipinski definition) is 3. The highest BCUT2D eigenvalue weighted by Crippen LogP contribution is 2.44. The topological polar surface area (TPSA) is 105 Å². The summed E-state index contributed by atoms with van der Waals surface area (Å²) in [5, 5.41) is 15.0. The van der Waals surface area contributed by atoms with Crippen molar-refractivity contribution < 1.29 is 24.2 Å². The molecule has 0 spiro atoms. The van der Waals surface area contributed by atoms with Crippen LogP contribution in [-0.4, -0.2) is 41.8 Å². The highest BCUT2D eigenvalue weighted by molar-refractivity contribution is 5.80. The number of carbonyl (C=O) groups excluding carboxylic acids is 2. The molecule has 4 rings (SSSR count). The maximum atomic E-state index is 12.6. The summed E-state index contributed by atoms with van der Waals surface area (Å²) in [7, 11) is 0. The summed E-state index contributed by atoms with van der Waals surface area (Å²) in [6.07, 6.45) is 3.02. The zero-order chi connectivity index (χ0) is 24.1. The smallest absolute Gasteiger partial charge is 0.407 e. The van der Waals surface area contributed by atoms with E-state index in [1.807, 2.05) is 31.2 Å². The molecule has 0 unspecified atom stereocenters. The molecule has 0 bridgehead atoms. The van der Waals surface area contributed by atoms with Gasteiger partial charge in [0.05, 0.1) is 5.92 Å². The van der Waals surface area contributed by atoms with Crippen LogP contribution in [0, 0.1) is 5.92 Å². The predicted octanol–water partition coefficient (Wildman–Crippen LogP) is 4.45. The van der Waals surface area contributed by atoms with Gasteiger partial charge in [0.1, 0.15) is 6.61 Å². The maximum Gasteiger partial charge on any atom is 0.407 e. The third kappa shape index (κ3) is 5.24. The molecule has 2 aromatic carbocycles. The number of alkyl carbamates (subject to hydrolysis) is 1. The first-order valence-corrected chi connectivity index (χ1v) is 12.1. The van der Waals surface area contributed by atoms with Crippen LogP contribution in [0.25, 0.3) is 11.1 Å². The van der Waals surface area contributed by atoms with E-state index in [0.717, 1.165) is 24.0 Å². The van der Waals surface area contributed by atoms with Crippen molar-refractivity contribution in [3.05, 3.63) is 59.7 Å². The van der Waals surface area contributed by atoms with Crippen LogP contribution in [0.4, 0.5) is 4.79 Å². The van der Waals surface area contributed by atoms with E-state index in [4.69, 9.17) is 4.74 Å². The first-order valence-electron chi connectivity index (χ1n) is 12.1. The largest absolute Gasteiger partial charge is 0.481 e. The van der Waals surface area contributed by atoms with Gasteiger partial charge in [-0.1, -0.05) is 68.3 Å². The standard InChI is InChI=1S/C27H32N2O5/c1-2-8-17(15-25(30)29-24-14-7-13-22(24)26(31)32)28-27(33)34-16-23-20-11-5-3-9-18(20)19-10-4-6-12-21(19)23/h3-6,9-12,17,22-24H,2,7-8,13-16H2,1H3,(H,28,33)(H,29,30)(H,31,32)/t17-,22+,24-/m1/s1. The van der Waals surface area contributed by atoms with Crippen molar-refractivity contribution in [2.75, 3.05) is 6.61 Å². The van der Waals surface area contributed by atoms with Gasteiger partial charge in [-0.25, -0.2) is 4.79 Å². The average molecular weight is 465 g/mol. The molecule has 0 heterocycles. The summed E-state index contributed by atoms with van der Waals surface area (Å²) < 4.78 is 5.62. The lowest BCUT2D eigenvalue weighted by Crippen LogP contribution is -2.44. The zero-order valence-corrected chi connectivity index (χ0v) is 19.5. The molecule has 0 radical (unpaired) electrons. The monoisotopic (exact) mass is 464 g/mol. The Labute approximate surface area is 199 Å². The van der Waals surface area contributed by atoms with Crippen molar-refractivity contribution in [1.82, 2.24) is 10.6 Å². The molecule has 7 nitrogen and oxygen atoms in total. The van der Waals surface area contributed by atoms with Gasteiger partial charge in [-0.05, 0) is 41.5 Å². The van der Waals surface area contributed by atoms with Gasteiger partial charge in [-0.2, -0.15) is 0 Å². The minimum Gasteiger partial charge on any atom is -0.481 e. The maximum absolute atomic E-state index is 12.6. The van der Waals surface area contributed by atoms with E-state index in [1.165, 1.54) is 11.1 Å². The molecule has 0 aliphatic heterocycles. The summed E-state index contributed by atoms with van der Waals surface area (Å²) in [6, 6.07) is 15.6. The van der Waals surface area contributed by atoms with E-state index in [1.54, 1.807) is 0 Å². The normalized spacial score (nSPS) is 19.7. The van der Waals surface area contributed by atoms with Crippen molar-refractivity contribution in [1.29, 1.82) is 0 Å². The Bertz CT molecular complexity index is 1010. The van der Waals surface area contributed by atoms with E-state index in [9.17, 15) is 19.5 Å². The lowest BCUT2D eigenvalue weighted by atomic mass is 9.98. The Balaban J connectivity index is 1.33. The highest BCUT2D eigenvalue weighted by Gasteiger charge is 2.34. The van der Waals surface area contributed by atoms with Crippen LogP contribution in [0.2, 0.25) is 0 Å². The van der Waals surface area contributed by atoms with Gasteiger partial charge in [0.2, 0.25) is 5.91 Å². The number of carboxylic acids is 1. The van der Waals surface area contributed by atoms with E-state index < -0.39 is 18.0 Å². The molecule has 180 valence electrons. The second-order valence-corrected chi connectivity index (χ2v) is 9.21. The molecule has 3 atom stereocenters. The first-order chi connectivity index (χ1) is 16.5. The lowest BCUT2D eigenvalue weighted by molar-refractivity contribution is -0.142. The molecule has 3 N–H and O–H groups in total. The van der Waals surface area contributed by atoms with Gasteiger partial charge in [0, 0.05) is 24.4 Å². The Morgan fingerprint density at radius 1 is 1.03 bits per heavy atom. The van der Waals surface area contributed by atoms with Crippen molar-refractivity contribution in [2.45, 2.75) is 63.5 Å². The Morgan fingerprint density at radius 3 is 2.29 bits per heavy atom. The van der Waals surface area contributed by atoms with Gasteiger partial charge in [0.25, 0.3) is 0 Å². The minimum absolute atomic E-state index is 0.0265. The number of rotatable bonds is 9. The predicted molar refractivity (Wildman–Crippen MR) is 128 cm³/mol. The van der Waals surface area contributed by atoms with Crippen LogP contribution in [0.1, 0.15) is 62.5 Å². The number of hydrogen-bond acceptors (Lipinski definition) is 4. The van der Waals surface area contributed by atoms with Gasteiger partial charge < -0.3 is 20.5 Å². The summed E-state index contributed by atoms with van der Waals surface area (Å²) in [5.74, 6) is -1.68. The highest BCUT2D eigenvalue weighted by atomic mass is 16.5. The second-order valence-electron chi connectivity index (χ2n) is 9.21. The quantitative estimate of drug-likeness (QED) is 0.508. The number of amides is 2. The third-order valence-electron chi connectivity index (χ3n) is 6.91. The van der Waals surface area contributed by atoms with Gasteiger partial charge in [-0.3, -0.25) is 9.59 Å². The average Bonchev–Trinajstić information content (AvgIpc) is 3.40. The number of ether oxygens (including phenoxy) is 1. The van der Waals surface area contributed by atoms with Crippen molar-refractivity contribution in [2.24, 2.45) is 5.92 Å². The van der Waals surface area contributed by atoms with E-state index in [-0.39, 0.29) is 36.9 Å². The third-order valence-corrected chi connectivity index (χ3v) is 6.91. The number of aliphatic carboxylic acids is 1. The van der Waals surface area contributed by atoms with Crippen LogP contribution in [0.5, 0.6) is 0 Å². The molecule has 0 aromatic heterocycles. The van der Waals surface area contributed by atoms with Gasteiger partial charge in [0.15, 0.2) is 0 Å². The van der Waals surface area contributed by atoms with Gasteiger partial charge >= 0.3 is 12.1 Å². The van der Waals surface area contributed by atoms with E-state index in [0.29, 0.717) is 19.3 Å². The fraction of sp³-hybridized carbons (Fsp3) is 0.444. The molecule has 2 aliphatic rings. The van der Waals surface area contributed by atoms with E-state index >= 15 is 0 Å². The molecule has 1 fully saturated rings. The summed E-state index contributed by atoms with van der Waals surface area (Å²) in [4.78, 5) is 36.6. The molecule has 2 amide bonds. The Hall–Kier alpha value is -3.35. The number of carboxylic acid groups (broad SMARTS) is 1. The fourth-order valence-electron chi connectivity index (χ4n) is 5.30. The Morgan fingerprint density at radius 2 is 1.68 bits per heavy atom. The fourth-order valence-corrected chi connectivity index (χ4v) is 5.30. The SMILES string of the molecule is CCC[C@H](CC(=O)N[C@@H]1CCC[C@@H]1C(=O)O)NC(=O)OCC1c2ccccc2-c2ccccc21. The van der Waals surface area contributed by atoms with Crippen molar-refractivity contribution in [3.8, 4) is 11.1 Å². The number of fused-ring (bicyclic) bond motifs is 3. The lowest BCUT2D eigenvalue weighted by Gasteiger charge is -2.22. The van der Waals surface area contributed by atoms with E-state index in [2.05, 4.69) is 34.9 Å². The summed E-state index contributed by atoms with van der Waals surface area (Å²) in [5.41, 5.74) is 4.62. The number of carbonyl (C=O) groups is 3. The zero-order valence-electron chi connectivity index (χ0n) is 19.5. The molecule has 34 heavy (non-hydrogen) atoms. The summed E-state index contributed by atoms with van der Waals surface area (Å²) in [6.45, 7) is 2.20. The summed E-state index contributed by atoms with van der Waals surface area (Å²) >= 11 is 0. The molecular formula is C27H32N2O5. The number of nitrogens with one attached hydrogen (secondary N) is 2. The second kappa shape index (κ2) is 10.7. The van der Waals surface area contributed by atoms with Crippen LogP contribution in [0.15, 0.2) is 48.5 Å².